The molecule has 0 saturated heterocycles. The van der Waals surface area contributed by atoms with Crippen molar-refractivity contribution in [2.24, 2.45) is 0 Å². The maximum absolute atomic E-state index is 14.3. The first-order valence-corrected chi connectivity index (χ1v) is 13.9. The van der Waals surface area contributed by atoms with Crippen molar-refractivity contribution >= 4 is 44.9 Å². The monoisotopic (exact) mass is 598 g/mol. The molecule has 40 heavy (non-hydrogen) atoms. The molecule has 3 aromatic rings. The quantitative estimate of drug-likeness (QED) is 0.259. The van der Waals surface area contributed by atoms with Gasteiger partial charge in [0.05, 0.1) is 27.7 Å². The largest absolute Gasteiger partial charge is 0.489 e. The van der Waals surface area contributed by atoms with Gasteiger partial charge in [-0.05, 0) is 67.4 Å². The number of allylic oxidation sites excluding steroid dienone is 1. The van der Waals surface area contributed by atoms with E-state index in [1.165, 1.54) is 25.1 Å². The maximum Gasteiger partial charge on any atom is 0.416 e. The fourth-order valence-electron chi connectivity index (χ4n) is 3.96. The van der Waals surface area contributed by atoms with Gasteiger partial charge in [-0.3, -0.25) is 9.10 Å². The molecular formula is C28H27ClF4N2O4S. The number of ether oxygens (including phenoxy) is 1. The Morgan fingerprint density at radius 1 is 1.10 bits per heavy atom. The van der Waals surface area contributed by atoms with E-state index in [1.807, 2.05) is 6.92 Å². The van der Waals surface area contributed by atoms with Gasteiger partial charge >= 0.3 is 6.18 Å². The number of benzene rings is 3. The fourth-order valence-corrected chi connectivity index (χ4v) is 5.77. The van der Waals surface area contributed by atoms with E-state index in [1.54, 1.807) is 31.2 Å². The zero-order valence-electron chi connectivity index (χ0n) is 21.9. The van der Waals surface area contributed by atoms with Gasteiger partial charge in [0.1, 0.15) is 18.2 Å². The van der Waals surface area contributed by atoms with Crippen LogP contribution in [0.4, 0.5) is 23.2 Å². The zero-order chi connectivity index (χ0) is 29.7. The van der Waals surface area contributed by atoms with Gasteiger partial charge in [0.2, 0.25) is 5.91 Å². The molecular weight excluding hydrogens is 572 g/mol. The van der Waals surface area contributed by atoms with Crippen molar-refractivity contribution in [2.75, 3.05) is 24.0 Å². The van der Waals surface area contributed by atoms with Gasteiger partial charge in [-0.1, -0.05) is 35.9 Å². The minimum atomic E-state index is -4.68. The molecule has 1 aliphatic rings. The van der Waals surface area contributed by atoms with E-state index in [-0.39, 0.29) is 41.1 Å². The molecule has 1 N–H and O–H groups in total. The Morgan fingerprint density at radius 3 is 2.40 bits per heavy atom. The third-order valence-corrected chi connectivity index (χ3v) is 7.84. The standard InChI is InChI=1S/C24H18ClF4NO3S.C4H9NO/c1-15(23-19(25)6-3-7-20(23)26)12-16-8-9-22-21(13-16)30(10-11-33-22)34(31,32)18-5-2-4-17(14-18)24(27,28)29;1-3-5-4(2)6/h2-9,12-14H,10-11H2,1H3;3H2,1-2H3,(H,5,6)/b15-12+;. The first kappa shape index (κ1) is 31.0. The summed E-state index contributed by atoms with van der Waals surface area (Å²) >= 11 is 6.13. The second-order valence-electron chi connectivity index (χ2n) is 8.69. The first-order valence-electron chi connectivity index (χ1n) is 12.1. The molecule has 1 amide bonds. The number of amides is 1. The van der Waals surface area contributed by atoms with E-state index < -0.39 is 32.5 Å². The Kier molecular flexibility index (Phi) is 9.86. The minimum Gasteiger partial charge on any atom is -0.489 e. The van der Waals surface area contributed by atoms with Crippen molar-refractivity contribution in [1.29, 1.82) is 0 Å². The lowest BCUT2D eigenvalue weighted by Crippen LogP contribution is -2.38. The molecule has 0 atom stereocenters. The number of hydrogen-bond acceptors (Lipinski definition) is 4. The van der Waals surface area contributed by atoms with E-state index in [4.69, 9.17) is 16.3 Å². The van der Waals surface area contributed by atoms with E-state index in [0.717, 1.165) is 29.0 Å². The lowest BCUT2D eigenvalue weighted by molar-refractivity contribution is -0.137. The molecule has 3 aromatic carbocycles. The van der Waals surface area contributed by atoms with Crippen LogP contribution in [0, 0.1) is 5.82 Å². The summed E-state index contributed by atoms with van der Waals surface area (Å²) in [6.07, 6.45) is -3.05. The fraction of sp³-hybridized carbons (Fsp3) is 0.250. The number of carbonyl (C=O) groups excluding carboxylic acids is 1. The Morgan fingerprint density at radius 2 is 1.80 bits per heavy atom. The summed E-state index contributed by atoms with van der Waals surface area (Å²) in [4.78, 5) is 9.45. The molecule has 0 aromatic heterocycles. The summed E-state index contributed by atoms with van der Waals surface area (Å²) < 4.78 is 86.9. The van der Waals surface area contributed by atoms with Crippen LogP contribution in [0.1, 0.15) is 37.5 Å². The average molecular weight is 599 g/mol. The average Bonchev–Trinajstić information content (AvgIpc) is 2.88. The summed E-state index contributed by atoms with van der Waals surface area (Å²) in [5, 5.41) is 2.80. The van der Waals surface area contributed by atoms with E-state index in [9.17, 15) is 30.8 Å². The Hall–Kier alpha value is -3.57. The summed E-state index contributed by atoms with van der Waals surface area (Å²) in [5.41, 5.74) is 0.366. The van der Waals surface area contributed by atoms with Crippen molar-refractivity contribution in [3.05, 3.63) is 88.2 Å². The molecule has 0 saturated carbocycles. The molecule has 12 heteroatoms. The van der Waals surface area contributed by atoms with Crippen LogP contribution in [0.25, 0.3) is 11.6 Å². The molecule has 1 aliphatic heterocycles. The van der Waals surface area contributed by atoms with E-state index >= 15 is 0 Å². The molecule has 0 unspecified atom stereocenters. The van der Waals surface area contributed by atoms with Crippen LogP contribution in [-0.2, 0) is 21.0 Å². The number of halogens is 5. The smallest absolute Gasteiger partial charge is 0.416 e. The van der Waals surface area contributed by atoms with Gasteiger partial charge < -0.3 is 10.1 Å². The number of fused-ring (bicyclic) bond motifs is 1. The summed E-state index contributed by atoms with van der Waals surface area (Å²) in [7, 11) is -4.32. The van der Waals surface area contributed by atoms with Crippen LogP contribution in [0.2, 0.25) is 5.02 Å². The number of anilines is 1. The van der Waals surface area contributed by atoms with Crippen LogP contribution in [0.5, 0.6) is 5.75 Å². The normalized spacial score (nSPS) is 13.5. The summed E-state index contributed by atoms with van der Waals surface area (Å²) in [5.74, 6) is -0.200. The van der Waals surface area contributed by atoms with Crippen LogP contribution in [0.3, 0.4) is 0 Å². The Bertz CT molecular complexity index is 1500. The maximum atomic E-state index is 14.3. The molecule has 6 nitrogen and oxygen atoms in total. The molecule has 4 rings (SSSR count). The summed E-state index contributed by atoms with van der Waals surface area (Å²) in [6, 6.07) is 12.7. The molecule has 214 valence electrons. The number of hydrogen-bond donors (Lipinski definition) is 1. The van der Waals surface area contributed by atoms with Gasteiger partial charge in [-0.2, -0.15) is 13.2 Å². The van der Waals surface area contributed by atoms with E-state index in [0.29, 0.717) is 17.2 Å². The van der Waals surface area contributed by atoms with Crippen LogP contribution < -0.4 is 14.4 Å². The topological polar surface area (TPSA) is 75.7 Å². The molecule has 0 radical (unpaired) electrons. The third-order valence-electron chi connectivity index (χ3n) is 5.72. The third kappa shape index (κ3) is 7.33. The van der Waals surface area contributed by atoms with Gasteiger partial charge in [-0.25, -0.2) is 12.8 Å². The molecule has 0 bridgehead atoms. The van der Waals surface area contributed by atoms with Crippen LogP contribution >= 0.6 is 11.6 Å². The first-order chi connectivity index (χ1) is 18.8. The van der Waals surface area contributed by atoms with Crippen molar-refractivity contribution in [1.82, 2.24) is 5.32 Å². The van der Waals surface area contributed by atoms with Gasteiger partial charge in [0.25, 0.3) is 10.0 Å². The van der Waals surface area contributed by atoms with Gasteiger partial charge in [-0.15, -0.1) is 0 Å². The highest BCUT2D eigenvalue weighted by atomic mass is 35.5. The zero-order valence-corrected chi connectivity index (χ0v) is 23.4. The Labute approximate surface area is 235 Å². The highest BCUT2D eigenvalue weighted by molar-refractivity contribution is 7.92. The predicted molar refractivity (Wildman–Crippen MR) is 147 cm³/mol. The molecule has 1 heterocycles. The molecule has 0 spiro atoms. The second-order valence-corrected chi connectivity index (χ2v) is 11.0. The number of nitrogens with zero attached hydrogens (tertiary/aromatic N) is 1. The Balaban J connectivity index is 0.000000663. The lowest BCUT2D eigenvalue weighted by atomic mass is 10.0. The minimum absolute atomic E-state index is 0.0320. The van der Waals surface area contributed by atoms with Crippen molar-refractivity contribution in [2.45, 2.75) is 31.8 Å². The second kappa shape index (κ2) is 12.7. The number of sulfonamides is 1. The molecule has 0 aliphatic carbocycles. The van der Waals surface area contributed by atoms with Crippen molar-refractivity contribution in [3.63, 3.8) is 0 Å². The van der Waals surface area contributed by atoms with Gasteiger partial charge in [0, 0.05) is 19.0 Å². The van der Waals surface area contributed by atoms with Crippen molar-refractivity contribution in [3.8, 4) is 5.75 Å². The predicted octanol–water partition coefficient (Wildman–Crippen LogP) is 6.79. The number of rotatable bonds is 5. The van der Waals surface area contributed by atoms with Crippen LogP contribution in [-0.4, -0.2) is 34.0 Å². The highest BCUT2D eigenvalue weighted by Gasteiger charge is 2.34. The van der Waals surface area contributed by atoms with Crippen LogP contribution in [0.15, 0.2) is 65.6 Å². The summed E-state index contributed by atoms with van der Waals surface area (Å²) in [6.45, 7) is 5.73. The lowest BCUT2D eigenvalue weighted by Gasteiger charge is -2.31. The van der Waals surface area contributed by atoms with E-state index in [2.05, 4.69) is 5.32 Å². The SMILES string of the molecule is C/C(=C\c1ccc2c(c1)N(S(=O)(=O)c1cccc(C(F)(F)F)c1)CCO2)c1c(F)cccc1Cl.CCNC(C)=O. The molecule has 0 fully saturated rings. The van der Waals surface area contributed by atoms with Crippen molar-refractivity contribution < 1.29 is 35.5 Å². The highest BCUT2D eigenvalue weighted by Crippen LogP contribution is 2.38. The number of nitrogens with one attached hydrogen (secondary N) is 1. The van der Waals surface area contributed by atoms with Gasteiger partial charge in [0.15, 0.2) is 0 Å². The number of alkyl halides is 3. The number of carbonyl (C=O) groups is 1.